The molecule has 1 saturated heterocycles. The van der Waals surface area contributed by atoms with Crippen molar-refractivity contribution in [3.05, 3.63) is 58.3 Å². The second-order valence-corrected chi connectivity index (χ2v) is 7.61. The van der Waals surface area contributed by atoms with Crippen molar-refractivity contribution in [3.8, 4) is 0 Å². The molecule has 0 bridgehead atoms. The maximum atomic E-state index is 12.4. The predicted octanol–water partition coefficient (Wildman–Crippen LogP) is 2.65. The van der Waals surface area contributed by atoms with Crippen molar-refractivity contribution in [2.75, 3.05) is 39.3 Å². The van der Waals surface area contributed by atoms with Crippen molar-refractivity contribution in [1.82, 2.24) is 15.1 Å². The first-order valence-electron chi connectivity index (χ1n) is 9.57. The third-order valence-electron chi connectivity index (χ3n) is 4.92. The van der Waals surface area contributed by atoms with Gasteiger partial charge in [0.05, 0.1) is 0 Å². The average molecular weight is 386 g/mol. The molecule has 2 amide bonds. The number of hydrogen-bond acceptors (Lipinski definition) is 4. The molecule has 6 heteroatoms. The molecule has 1 aromatic carbocycles. The fraction of sp³-hybridized carbons (Fsp3) is 0.429. The molecule has 144 valence electrons. The number of amides is 2. The van der Waals surface area contributed by atoms with Gasteiger partial charge < -0.3 is 10.2 Å². The first kappa shape index (κ1) is 19.6. The fourth-order valence-corrected chi connectivity index (χ4v) is 3.93. The van der Waals surface area contributed by atoms with Gasteiger partial charge in [0.2, 0.25) is 5.91 Å². The molecular weight excluding hydrogens is 358 g/mol. The zero-order valence-electron chi connectivity index (χ0n) is 15.6. The lowest BCUT2D eigenvalue weighted by Gasteiger charge is -2.34. The van der Waals surface area contributed by atoms with Crippen molar-refractivity contribution in [3.63, 3.8) is 0 Å². The predicted molar refractivity (Wildman–Crippen MR) is 109 cm³/mol. The van der Waals surface area contributed by atoms with E-state index in [1.165, 1.54) is 16.9 Å². The molecule has 0 saturated carbocycles. The van der Waals surface area contributed by atoms with Crippen LogP contribution in [0.15, 0.2) is 47.2 Å². The molecule has 5 nitrogen and oxygen atoms in total. The van der Waals surface area contributed by atoms with Crippen LogP contribution in [0.25, 0.3) is 0 Å². The maximum Gasteiger partial charge on any atom is 0.252 e. The van der Waals surface area contributed by atoms with E-state index >= 15 is 0 Å². The number of benzene rings is 1. The second kappa shape index (κ2) is 10.2. The minimum atomic E-state index is -0.0107. The summed E-state index contributed by atoms with van der Waals surface area (Å²) >= 11 is 1.53. The number of piperazine rings is 1. The molecule has 1 aromatic heterocycles. The lowest BCUT2D eigenvalue weighted by atomic mass is 10.1. The standard InChI is InChI=1S/C21H27N3O2S/c25-20(8-4-7-18-5-2-1-3-6-18)24-14-12-23(13-15-24)11-10-22-21(26)19-9-16-27-17-19/h1-3,5-6,9,16-17H,4,7-8,10-15H2,(H,22,26). The molecule has 0 atom stereocenters. The highest BCUT2D eigenvalue weighted by Crippen LogP contribution is 2.09. The van der Waals surface area contributed by atoms with E-state index in [0.29, 0.717) is 13.0 Å². The van der Waals surface area contributed by atoms with E-state index < -0.39 is 0 Å². The van der Waals surface area contributed by atoms with Gasteiger partial charge in [-0.1, -0.05) is 30.3 Å². The van der Waals surface area contributed by atoms with Crippen LogP contribution in [0.2, 0.25) is 0 Å². The molecule has 0 aliphatic carbocycles. The molecule has 27 heavy (non-hydrogen) atoms. The van der Waals surface area contributed by atoms with E-state index in [1.54, 1.807) is 0 Å². The molecule has 1 N–H and O–H groups in total. The number of carbonyl (C=O) groups is 2. The summed E-state index contributed by atoms with van der Waals surface area (Å²) in [5.74, 6) is 0.250. The summed E-state index contributed by atoms with van der Waals surface area (Å²) in [6, 6.07) is 12.2. The van der Waals surface area contributed by atoms with Gasteiger partial charge in [0, 0.05) is 56.6 Å². The van der Waals surface area contributed by atoms with Crippen LogP contribution in [0.4, 0.5) is 0 Å². The number of hydrogen-bond donors (Lipinski definition) is 1. The van der Waals surface area contributed by atoms with Crippen LogP contribution < -0.4 is 5.32 Å². The van der Waals surface area contributed by atoms with Gasteiger partial charge in [-0.15, -0.1) is 0 Å². The number of nitrogens with one attached hydrogen (secondary N) is 1. The molecule has 0 radical (unpaired) electrons. The largest absolute Gasteiger partial charge is 0.351 e. The summed E-state index contributed by atoms with van der Waals surface area (Å²) in [5, 5.41) is 6.72. The van der Waals surface area contributed by atoms with Crippen molar-refractivity contribution in [2.24, 2.45) is 0 Å². The van der Waals surface area contributed by atoms with E-state index in [1.807, 2.05) is 39.9 Å². The molecule has 2 heterocycles. The molecule has 3 rings (SSSR count). The van der Waals surface area contributed by atoms with Gasteiger partial charge in [-0.3, -0.25) is 14.5 Å². The summed E-state index contributed by atoms with van der Waals surface area (Å²) < 4.78 is 0. The zero-order chi connectivity index (χ0) is 18.9. The van der Waals surface area contributed by atoms with Crippen LogP contribution in [0.1, 0.15) is 28.8 Å². The van der Waals surface area contributed by atoms with Gasteiger partial charge in [-0.05, 0) is 29.9 Å². The van der Waals surface area contributed by atoms with Gasteiger partial charge in [0.1, 0.15) is 0 Å². The number of aryl methyl sites for hydroxylation is 1. The third kappa shape index (κ3) is 6.19. The average Bonchev–Trinajstić information content (AvgIpc) is 3.24. The lowest BCUT2D eigenvalue weighted by molar-refractivity contribution is -0.133. The summed E-state index contributed by atoms with van der Waals surface area (Å²) in [6.45, 7) is 4.77. The first-order chi connectivity index (χ1) is 13.2. The Bertz CT molecular complexity index is 710. The first-order valence-corrected chi connectivity index (χ1v) is 10.5. The van der Waals surface area contributed by atoms with Crippen molar-refractivity contribution in [2.45, 2.75) is 19.3 Å². The van der Waals surface area contributed by atoms with E-state index in [9.17, 15) is 9.59 Å². The summed E-state index contributed by atoms with van der Waals surface area (Å²) in [5.41, 5.74) is 2.02. The Kier molecular flexibility index (Phi) is 7.42. The highest BCUT2D eigenvalue weighted by molar-refractivity contribution is 7.08. The Morgan fingerprint density at radius 3 is 2.52 bits per heavy atom. The van der Waals surface area contributed by atoms with Crippen LogP contribution in [0.3, 0.4) is 0 Å². The molecule has 0 unspecified atom stereocenters. The quantitative estimate of drug-likeness (QED) is 0.760. The van der Waals surface area contributed by atoms with Gasteiger partial charge in [0.15, 0.2) is 0 Å². The molecule has 1 aliphatic rings. The topological polar surface area (TPSA) is 52.7 Å². The Morgan fingerprint density at radius 2 is 1.81 bits per heavy atom. The minimum Gasteiger partial charge on any atom is -0.351 e. The summed E-state index contributed by atoms with van der Waals surface area (Å²) in [6.07, 6.45) is 2.47. The number of nitrogens with zero attached hydrogens (tertiary/aromatic N) is 2. The normalized spacial score (nSPS) is 14.9. The molecular formula is C21H27N3O2S. The Labute approximate surface area is 165 Å². The zero-order valence-corrected chi connectivity index (χ0v) is 16.4. The number of thiophene rings is 1. The molecule has 1 fully saturated rings. The van der Waals surface area contributed by atoms with E-state index in [4.69, 9.17) is 0 Å². The SMILES string of the molecule is O=C(NCCN1CCN(C(=O)CCCc2ccccc2)CC1)c1ccsc1. The highest BCUT2D eigenvalue weighted by atomic mass is 32.1. The van der Waals surface area contributed by atoms with Crippen LogP contribution >= 0.6 is 11.3 Å². The van der Waals surface area contributed by atoms with Gasteiger partial charge in [-0.25, -0.2) is 0 Å². The van der Waals surface area contributed by atoms with Gasteiger partial charge >= 0.3 is 0 Å². The number of rotatable bonds is 8. The fourth-order valence-electron chi connectivity index (χ4n) is 3.29. The van der Waals surface area contributed by atoms with Crippen LogP contribution in [-0.4, -0.2) is 60.9 Å². The van der Waals surface area contributed by atoms with E-state index in [0.717, 1.165) is 51.1 Å². The lowest BCUT2D eigenvalue weighted by Crippen LogP contribution is -2.50. The van der Waals surface area contributed by atoms with E-state index in [2.05, 4.69) is 22.3 Å². The van der Waals surface area contributed by atoms with Crippen LogP contribution in [-0.2, 0) is 11.2 Å². The maximum absolute atomic E-state index is 12.4. The Morgan fingerprint density at radius 1 is 1.04 bits per heavy atom. The van der Waals surface area contributed by atoms with Crippen molar-refractivity contribution < 1.29 is 9.59 Å². The monoisotopic (exact) mass is 385 g/mol. The molecule has 0 spiro atoms. The van der Waals surface area contributed by atoms with Crippen LogP contribution in [0, 0.1) is 0 Å². The van der Waals surface area contributed by atoms with Crippen molar-refractivity contribution >= 4 is 23.2 Å². The smallest absolute Gasteiger partial charge is 0.252 e. The third-order valence-corrected chi connectivity index (χ3v) is 5.60. The van der Waals surface area contributed by atoms with E-state index in [-0.39, 0.29) is 11.8 Å². The second-order valence-electron chi connectivity index (χ2n) is 6.83. The number of carbonyl (C=O) groups excluding carboxylic acids is 2. The Hall–Kier alpha value is -2.18. The molecule has 2 aromatic rings. The Balaban J connectivity index is 1.29. The minimum absolute atomic E-state index is 0.0107. The summed E-state index contributed by atoms with van der Waals surface area (Å²) in [4.78, 5) is 28.6. The van der Waals surface area contributed by atoms with Gasteiger partial charge in [-0.2, -0.15) is 11.3 Å². The van der Waals surface area contributed by atoms with Crippen molar-refractivity contribution in [1.29, 1.82) is 0 Å². The highest BCUT2D eigenvalue weighted by Gasteiger charge is 2.20. The van der Waals surface area contributed by atoms with Crippen LogP contribution in [0.5, 0.6) is 0 Å². The molecule has 1 aliphatic heterocycles. The van der Waals surface area contributed by atoms with Gasteiger partial charge in [0.25, 0.3) is 5.91 Å². The summed E-state index contributed by atoms with van der Waals surface area (Å²) in [7, 11) is 0.